The summed E-state index contributed by atoms with van der Waals surface area (Å²) in [6.07, 6.45) is 8.81. The molecule has 0 bridgehead atoms. The van der Waals surface area contributed by atoms with Crippen LogP contribution in [0.25, 0.3) is 0 Å². The van der Waals surface area contributed by atoms with E-state index in [-0.39, 0.29) is 0 Å². The minimum Gasteiger partial charge on any atom is -0.305 e. The van der Waals surface area contributed by atoms with Crippen molar-refractivity contribution in [2.24, 2.45) is 11.3 Å². The summed E-state index contributed by atoms with van der Waals surface area (Å²) in [4.78, 5) is 8.08. The molecule has 4 fully saturated rings. The van der Waals surface area contributed by atoms with Gasteiger partial charge in [-0.15, -0.1) is 0 Å². The summed E-state index contributed by atoms with van der Waals surface area (Å²) >= 11 is 0. The van der Waals surface area contributed by atoms with E-state index in [0.29, 0.717) is 0 Å². The molecule has 1 saturated carbocycles. The molecule has 3 aliphatic heterocycles. The van der Waals surface area contributed by atoms with Crippen LogP contribution in [0.15, 0.2) is 0 Å². The lowest BCUT2D eigenvalue weighted by molar-refractivity contribution is -0.111. The van der Waals surface area contributed by atoms with Gasteiger partial charge in [0.2, 0.25) is 0 Å². The Morgan fingerprint density at radius 3 is 2.24 bits per heavy atom. The molecule has 21 heavy (non-hydrogen) atoms. The maximum Gasteiger partial charge on any atom is 0.0351 e. The van der Waals surface area contributed by atoms with Crippen LogP contribution in [0.3, 0.4) is 0 Å². The number of likely N-dealkylation sites (tertiary alicyclic amines) is 3. The first-order chi connectivity index (χ1) is 10.1. The molecule has 4 aliphatic rings. The molecule has 0 radical (unpaired) electrons. The summed E-state index contributed by atoms with van der Waals surface area (Å²) in [6, 6.07) is 1.74. The van der Waals surface area contributed by atoms with E-state index in [2.05, 4.69) is 28.7 Å². The fraction of sp³-hybridized carbons (Fsp3) is 1.00. The summed E-state index contributed by atoms with van der Waals surface area (Å²) in [5, 5.41) is 0. The Morgan fingerprint density at radius 1 is 0.857 bits per heavy atom. The van der Waals surface area contributed by atoms with Crippen molar-refractivity contribution < 1.29 is 0 Å². The fourth-order valence-corrected chi connectivity index (χ4v) is 5.22. The van der Waals surface area contributed by atoms with Gasteiger partial charge < -0.3 is 4.90 Å². The van der Waals surface area contributed by atoms with Crippen molar-refractivity contribution >= 4 is 0 Å². The van der Waals surface area contributed by atoms with Crippen LogP contribution >= 0.6 is 0 Å². The van der Waals surface area contributed by atoms with Crippen LogP contribution < -0.4 is 0 Å². The van der Waals surface area contributed by atoms with Crippen molar-refractivity contribution in [3.63, 3.8) is 0 Å². The van der Waals surface area contributed by atoms with Gasteiger partial charge in [0, 0.05) is 44.8 Å². The molecule has 1 unspecified atom stereocenters. The fourth-order valence-electron chi connectivity index (χ4n) is 5.22. The molecular formula is C18H33N3. The molecule has 4 rings (SSSR count). The van der Waals surface area contributed by atoms with Crippen molar-refractivity contribution in [3.8, 4) is 0 Å². The largest absolute Gasteiger partial charge is 0.305 e. The van der Waals surface area contributed by atoms with Crippen molar-refractivity contribution in [1.29, 1.82) is 0 Å². The predicted molar refractivity (Wildman–Crippen MR) is 87.5 cm³/mol. The Kier molecular flexibility index (Phi) is 3.79. The van der Waals surface area contributed by atoms with Crippen LogP contribution in [0.2, 0.25) is 0 Å². The minimum atomic E-state index is 0.748. The van der Waals surface area contributed by atoms with Gasteiger partial charge in [0.15, 0.2) is 0 Å². The van der Waals surface area contributed by atoms with Gasteiger partial charge in [-0.1, -0.05) is 19.8 Å². The molecule has 1 spiro atoms. The molecule has 0 aromatic rings. The summed E-state index contributed by atoms with van der Waals surface area (Å²) < 4.78 is 0. The second-order valence-electron chi connectivity index (χ2n) is 8.75. The monoisotopic (exact) mass is 291 g/mol. The number of likely N-dealkylation sites (N-methyl/N-ethyl adjacent to an activating group) is 1. The maximum absolute atomic E-state index is 2.80. The highest BCUT2D eigenvalue weighted by molar-refractivity contribution is 5.04. The third kappa shape index (κ3) is 2.77. The highest BCUT2D eigenvalue weighted by Gasteiger charge is 2.49. The minimum absolute atomic E-state index is 0.748. The van der Waals surface area contributed by atoms with Gasteiger partial charge in [0.1, 0.15) is 0 Å². The molecule has 0 aromatic heterocycles. The molecule has 1 aliphatic carbocycles. The zero-order valence-corrected chi connectivity index (χ0v) is 14.1. The Balaban J connectivity index is 1.21. The zero-order chi connectivity index (χ0) is 14.4. The van der Waals surface area contributed by atoms with Gasteiger partial charge in [-0.05, 0) is 50.6 Å². The quantitative estimate of drug-likeness (QED) is 0.773. The molecule has 3 heterocycles. The normalized spacial score (nSPS) is 36.6. The van der Waals surface area contributed by atoms with Gasteiger partial charge in [0.25, 0.3) is 0 Å². The number of hydrogen-bond donors (Lipinski definition) is 0. The summed E-state index contributed by atoms with van der Waals surface area (Å²) in [7, 11) is 2.28. The molecular weight excluding hydrogens is 258 g/mol. The van der Waals surface area contributed by atoms with Crippen LogP contribution in [0.4, 0.5) is 0 Å². The second-order valence-corrected chi connectivity index (χ2v) is 8.75. The lowest BCUT2D eigenvalue weighted by Crippen LogP contribution is -2.71. The zero-order valence-electron chi connectivity index (χ0n) is 14.1. The molecule has 1 atom stereocenters. The van der Waals surface area contributed by atoms with E-state index >= 15 is 0 Å². The number of rotatable bonds is 2. The van der Waals surface area contributed by atoms with Crippen LogP contribution in [0, 0.1) is 11.3 Å². The first-order valence-corrected chi connectivity index (χ1v) is 9.30. The predicted octanol–water partition coefficient (Wildman–Crippen LogP) is 2.28. The average molecular weight is 291 g/mol. The third-order valence-electron chi connectivity index (χ3n) is 6.93. The third-order valence-corrected chi connectivity index (χ3v) is 6.93. The Morgan fingerprint density at radius 2 is 1.57 bits per heavy atom. The van der Waals surface area contributed by atoms with E-state index in [0.717, 1.165) is 23.4 Å². The molecule has 3 heteroatoms. The van der Waals surface area contributed by atoms with Crippen molar-refractivity contribution in [2.75, 3.05) is 46.3 Å². The van der Waals surface area contributed by atoms with Crippen molar-refractivity contribution in [2.45, 2.75) is 57.5 Å². The first-order valence-electron chi connectivity index (χ1n) is 9.30. The Bertz CT molecular complexity index is 361. The SMILES string of the molecule is CC1CCC2(CC1)CN(C1CN(C3CCCN(C)C3)C1)C2. The smallest absolute Gasteiger partial charge is 0.0351 e. The summed E-state index contributed by atoms with van der Waals surface area (Å²) in [6.45, 7) is 10.6. The molecule has 0 amide bonds. The van der Waals surface area contributed by atoms with E-state index in [1.807, 2.05) is 0 Å². The van der Waals surface area contributed by atoms with Gasteiger partial charge in [-0.25, -0.2) is 0 Å². The molecule has 3 saturated heterocycles. The number of hydrogen-bond acceptors (Lipinski definition) is 3. The molecule has 0 N–H and O–H groups in total. The van der Waals surface area contributed by atoms with E-state index in [1.165, 1.54) is 77.8 Å². The van der Waals surface area contributed by atoms with Crippen molar-refractivity contribution in [3.05, 3.63) is 0 Å². The lowest BCUT2D eigenvalue weighted by atomic mass is 9.65. The van der Waals surface area contributed by atoms with Crippen molar-refractivity contribution in [1.82, 2.24) is 14.7 Å². The second kappa shape index (κ2) is 5.50. The number of piperidine rings is 1. The average Bonchev–Trinajstić information content (AvgIpc) is 2.37. The van der Waals surface area contributed by atoms with Crippen LogP contribution in [-0.2, 0) is 0 Å². The Hall–Kier alpha value is -0.120. The van der Waals surface area contributed by atoms with Gasteiger partial charge in [-0.2, -0.15) is 0 Å². The van der Waals surface area contributed by atoms with Gasteiger partial charge in [-0.3, -0.25) is 9.80 Å². The van der Waals surface area contributed by atoms with E-state index in [4.69, 9.17) is 0 Å². The lowest BCUT2D eigenvalue weighted by Gasteiger charge is -2.60. The van der Waals surface area contributed by atoms with Gasteiger partial charge >= 0.3 is 0 Å². The molecule has 3 nitrogen and oxygen atoms in total. The number of nitrogens with zero attached hydrogens (tertiary/aromatic N) is 3. The molecule has 120 valence electrons. The summed E-state index contributed by atoms with van der Waals surface area (Å²) in [5.74, 6) is 0.993. The van der Waals surface area contributed by atoms with E-state index in [9.17, 15) is 0 Å². The maximum atomic E-state index is 2.80. The summed E-state index contributed by atoms with van der Waals surface area (Å²) in [5.41, 5.74) is 0.748. The van der Waals surface area contributed by atoms with E-state index < -0.39 is 0 Å². The topological polar surface area (TPSA) is 9.72 Å². The van der Waals surface area contributed by atoms with Gasteiger partial charge in [0.05, 0.1) is 0 Å². The van der Waals surface area contributed by atoms with Crippen LogP contribution in [0.5, 0.6) is 0 Å². The standard InChI is InChI=1S/C18H33N3/c1-15-5-7-18(8-6-15)13-21(14-18)17-11-20(12-17)16-4-3-9-19(2)10-16/h15-17H,3-14H2,1-2H3. The highest BCUT2D eigenvalue weighted by Crippen LogP contribution is 2.47. The van der Waals surface area contributed by atoms with Crippen LogP contribution in [0.1, 0.15) is 45.4 Å². The molecule has 0 aromatic carbocycles. The highest BCUT2D eigenvalue weighted by atomic mass is 15.4. The first kappa shape index (κ1) is 14.5. The Labute approximate surface area is 130 Å². The van der Waals surface area contributed by atoms with Crippen LogP contribution in [-0.4, -0.2) is 73.1 Å². The van der Waals surface area contributed by atoms with E-state index in [1.54, 1.807) is 0 Å².